The van der Waals surface area contributed by atoms with Crippen molar-refractivity contribution in [3.63, 3.8) is 0 Å². The van der Waals surface area contributed by atoms with Crippen LogP contribution in [0.5, 0.6) is 0 Å². The van der Waals surface area contributed by atoms with Crippen LogP contribution in [0.2, 0.25) is 0 Å². The Labute approximate surface area is 91.7 Å². The number of nitrogens with one attached hydrogen (secondary N) is 2. The molecule has 0 spiro atoms. The zero-order valence-corrected chi connectivity index (χ0v) is 9.43. The van der Waals surface area contributed by atoms with E-state index < -0.39 is 0 Å². The number of anilines is 1. The van der Waals surface area contributed by atoms with Gasteiger partial charge in [-0.25, -0.2) is 0 Å². The van der Waals surface area contributed by atoms with Crippen molar-refractivity contribution in [2.45, 2.75) is 13.8 Å². The van der Waals surface area contributed by atoms with Crippen LogP contribution >= 0.6 is 0 Å². The Hall–Kier alpha value is -1.70. The van der Waals surface area contributed by atoms with Gasteiger partial charge in [-0.1, -0.05) is 30.9 Å². The number of aryl methyl sites for hydroxylation is 1. The molecule has 2 heteroatoms. The molecule has 15 heavy (non-hydrogen) atoms. The molecule has 2 N–H and O–H groups in total. The summed E-state index contributed by atoms with van der Waals surface area (Å²) in [7, 11) is 0. The first-order chi connectivity index (χ1) is 7.08. The molecule has 1 aromatic rings. The molecule has 2 nitrogen and oxygen atoms in total. The third-order valence-corrected chi connectivity index (χ3v) is 1.92. The van der Waals surface area contributed by atoms with Crippen LogP contribution in [0.25, 0.3) is 0 Å². The summed E-state index contributed by atoms with van der Waals surface area (Å²) in [5.74, 6) is 0.795. The van der Waals surface area contributed by atoms with Crippen molar-refractivity contribution < 1.29 is 0 Å². The summed E-state index contributed by atoms with van der Waals surface area (Å²) < 4.78 is 0. The highest BCUT2D eigenvalue weighted by molar-refractivity contribution is 5.49. The third-order valence-electron chi connectivity index (χ3n) is 1.92. The summed E-state index contributed by atoms with van der Waals surface area (Å²) in [5.41, 5.74) is 3.36. The van der Waals surface area contributed by atoms with Gasteiger partial charge in [-0.3, -0.25) is 0 Å². The molecule has 0 atom stereocenters. The highest BCUT2D eigenvalue weighted by atomic mass is 15.1. The van der Waals surface area contributed by atoms with E-state index in [1.807, 2.05) is 19.1 Å². The molecule has 0 aliphatic heterocycles. The van der Waals surface area contributed by atoms with Crippen LogP contribution in [0.15, 0.2) is 48.8 Å². The molecule has 0 aromatic heterocycles. The van der Waals surface area contributed by atoms with Crippen molar-refractivity contribution in [3.8, 4) is 0 Å². The number of hydrogen-bond donors (Lipinski definition) is 2. The summed E-state index contributed by atoms with van der Waals surface area (Å²) in [6.07, 6.45) is 0. The van der Waals surface area contributed by atoms with Gasteiger partial charge in [-0.05, 0) is 31.5 Å². The van der Waals surface area contributed by atoms with Gasteiger partial charge in [-0.15, -0.1) is 0 Å². The van der Waals surface area contributed by atoms with Gasteiger partial charge in [0.2, 0.25) is 0 Å². The lowest BCUT2D eigenvalue weighted by Gasteiger charge is -2.12. The van der Waals surface area contributed by atoms with E-state index >= 15 is 0 Å². The highest BCUT2D eigenvalue weighted by Gasteiger charge is 1.95. The Morgan fingerprint density at radius 3 is 2.67 bits per heavy atom. The molecule has 0 fully saturated rings. The van der Waals surface area contributed by atoms with Crippen molar-refractivity contribution in [2.24, 2.45) is 0 Å². The Bertz CT molecular complexity index is 367. The van der Waals surface area contributed by atoms with Crippen LogP contribution in [0.3, 0.4) is 0 Å². The molecular weight excluding hydrogens is 184 g/mol. The zero-order valence-electron chi connectivity index (χ0n) is 9.43. The summed E-state index contributed by atoms with van der Waals surface area (Å²) >= 11 is 0. The molecule has 0 unspecified atom stereocenters. The maximum atomic E-state index is 3.89. The fourth-order valence-electron chi connectivity index (χ4n) is 1.20. The Morgan fingerprint density at radius 1 is 1.33 bits per heavy atom. The maximum absolute atomic E-state index is 3.89. The van der Waals surface area contributed by atoms with E-state index in [-0.39, 0.29) is 0 Å². The van der Waals surface area contributed by atoms with Gasteiger partial charge in [0.05, 0.1) is 5.82 Å². The minimum absolute atomic E-state index is 0.748. The number of rotatable bonds is 5. The number of hydrogen-bond acceptors (Lipinski definition) is 2. The van der Waals surface area contributed by atoms with Crippen LogP contribution in [0, 0.1) is 6.92 Å². The second kappa shape index (κ2) is 5.25. The second-order valence-electron chi connectivity index (χ2n) is 3.78. The van der Waals surface area contributed by atoms with Gasteiger partial charge >= 0.3 is 0 Å². The van der Waals surface area contributed by atoms with Crippen LogP contribution < -0.4 is 10.6 Å². The van der Waals surface area contributed by atoms with E-state index in [1.54, 1.807) is 0 Å². The van der Waals surface area contributed by atoms with Gasteiger partial charge in [0.1, 0.15) is 0 Å². The standard InChI is InChI=1S/C13H18N2/c1-10(2)9-14-12(4)15-13-7-5-6-11(3)8-13/h5-8,14-15H,1,4,9H2,2-3H3. The van der Waals surface area contributed by atoms with Gasteiger partial charge in [0, 0.05) is 12.2 Å². The predicted molar refractivity (Wildman–Crippen MR) is 66.8 cm³/mol. The van der Waals surface area contributed by atoms with Gasteiger partial charge < -0.3 is 10.6 Å². The maximum Gasteiger partial charge on any atom is 0.0959 e. The molecule has 0 aliphatic carbocycles. The summed E-state index contributed by atoms with van der Waals surface area (Å²) in [4.78, 5) is 0. The molecule has 0 saturated carbocycles. The third kappa shape index (κ3) is 4.36. The number of benzene rings is 1. The van der Waals surface area contributed by atoms with E-state index in [2.05, 4.69) is 42.8 Å². The molecule has 0 bridgehead atoms. The molecule has 0 amide bonds. The minimum Gasteiger partial charge on any atom is -0.368 e. The highest BCUT2D eigenvalue weighted by Crippen LogP contribution is 2.10. The van der Waals surface area contributed by atoms with Crippen molar-refractivity contribution in [2.75, 3.05) is 11.9 Å². The van der Waals surface area contributed by atoms with Gasteiger partial charge in [-0.2, -0.15) is 0 Å². The summed E-state index contributed by atoms with van der Waals surface area (Å²) in [6, 6.07) is 8.17. The first-order valence-electron chi connectivity index (χ1n) is 4.99. The van der Waals surface area contributed by atoms with Crippen LogP contribution in [-0.4, -0.2) is 6.54 Å². The monoisotopic (exact) mass is 202 g/mol. The van der Waals surface area contributed by atoms with Crippen LogP contribution in [-0.2, 0) is 0 Å². The van der Waals surface area contributed by atoms with Crippen molar-refractivity contribution in [3.05, 3.63) is 54.4 Å². The van der Waals surface area contributed by atoms with Crippen LogP contribution in [0.1, 0.15) is 12.5 Å². The first-order valence-corrected chi connectivity index (χ1v) is 4.99. The average molecular weight is 202 g/mol. The molecule has 80 valence electrons. The second-order valence-corrected chi connectivity index (χ2v) is 3.78. The first kappa shape index (κ1) is 11.4. The molecule has 1 aromatic carbocycles. The Balaban J connectivity index is 2.48. The van der Waals surface area contributed by atoms with E-state index in [4.69, 9.17) is 0 Å². The lowest BCUT2D eigenvalue weighted by Crippen LogP contribution is -2.20. The van der Waals surface area contributed by atoms with Gasteiger partial charge in [0.15, 0.2) is 0 Å². The average Bonchev–Trinajstić information content (AvgIpc) is 2.15. The van der Waals surface area contributed by atoms with Crippen molar-refractivity contribution >= 4 is 5.69 Å². The summed E-state index contributed by atoms with van der Waals surface area (Å²) in [6.45, 7) is 12.5. The van der Waals surface area contributed by atoms with E-state index in [9.17, 15) is 0 Å². The Morgan fingerprint density at radius 2 is 2.07 bits per heavy atom. The van der Waals surface area contributed by atoms with Gasteiger partial charge in [0.25, 0.3) is 0 Å². The summed E-state index contributed by atoms with van der Waals surface area (Å²) in [5, 5.41) is 6.34. The molecule has 0 saturated heterocycles. The van der Waals surface area contributed by atoms with E-state index in [0.29, 0.717) is 0 Å². The minimum atomic E-state index is 0.748. The van der Waals surface area contributed by atoms with Crippen molar-refractivity contribution in [1.29, 1.82) is 0 Å². The van der Waals surface area contributed by atoms with Crippen LogP contribution in [0.4, 0.5) is 5.69 Å². The zero-order chi connectivity index (χ0) is 11.3. The smallest absolute Gasteiger partial charge is 0.0959 e. The predicted octanol–water partition coefficient (Wildman–Crippen LogP) is 3.04. The Kier molecular flexibility index (Phi) is 3.98. The fraction of sp³-hybridized carbons (Fsp3) is 0.231. The molecule has 1 rings (SSSR count). The quantitative estimate of drug-likeness (QED) is 0.717. The molecule has 0 heterocycles. The van der Waals surface area contributed by atoms with E-state index in [1.165, 1.54) is 5.56 Å². The van der Waals surface area contributed by atoms with E-state index in [0.717, 1.165) is 23.6 Å². The topological polar surface area (TPSA) is 24.1 Å². The van der Waals surface area contributed by atoms with Crippen molar-refractivity contribution in [1.82, 2.24) is 5.32 Å². The normalized spacial score (nSPS) is 9.47. The lowest BCUT2D eigenvalue weighted by atomic mass is 10.2. The largest absolute Gasteiger partial charge is 0.368 e. The molecule has 0 radical (unpaired) electrons. The SMILES string of the molecule is C=C(C)CNC(=C)Nc1cccc(C)c1. The molecular formula is C13H18N2. The lowest BCUT2D eigenvalue weighted by molar-refractivity contribution is 0.882. The fourth-order valence-corrected chi connectivity index (χ4v) is 1.20. The molecule has 0 aliphatic rings.